The second-order valence-corrected chi connectivity index (χ2v) is 6.75. The molecule has 0 spiro atoms. The topological polar surface area (TPSA) is 43.8 Å². The van der Waals surface area contributed by atoms with Crippen molar-refractivity contribution in [2.24, 2.45) is 17.1 Å². The van der Waals surface area contributed by atoms with Crippen molar-refractivity contribution in [2.75, 3.05) is 0 Å². The van der Waals surface area contributed by atoms with E-state index in [2.05, 4.69) is 45.9 Å². The average molecular weight is 251 g/mol. The van der Waals surface area contributed by atoms with Gasteiger partial charge in [-0.2, -0.15) is 5.10 Å². The Morgan fingerprint density at radius 2 is 2.06 bits per heavy atom. The lowest BCUT2D eigenvalue weighted by atomic mass is 9.82. The summed E-state index contributed by atoms with van der Waals surface area (Å²) in [5.74, 6) is 0.648. The van der Waals surface area contributed by atoms with Gasteiger partial charge in [0.15, 0.2) is 0 Å². The third-order valence-corrected chi connectivity index (χ3v) is 3.15. The Bertz CT molecular complexity index is 349. The van der Waals surface area contributed by atoms with E-state index >= 15 is 0 Å². The van der Waals surface area contributed by atoms with Crippen molar-refractivity contribution in [3.8, 4) is 0 Å². The van der Waals surface area contributed by atoms with Crippen molar-refractivity contribution in [1.82, 2.24) is 9.78 Å². The fourth-order valence-corrected chi connectivity index (χ4v) is 2.62. The van der Waals surface area contributed by atoms with E-state index in [-0.39, 0.29) is 6.04 Å². The Morgan fingerprint density at radius 1 is 1.39 bits per heavy atom. The van der Waals surface area contributed by atoms with Gasteiger partial charge in [-0.05, 0) is 30.6 Å². The van der Waals surface area contributed by atoms with Crippen LogP contribution in [0.4, 0.5) is 0 Å². The molecule has 3 nitrogen and oxygen atoms in total. The van der Waals surface area contributed by atoms with Crippen LogP contribution in [-0.2, 0) is 6.54 Å². The van der Waals surface area contributed by atoms with Gasteiger partial charge in [0.05, 0.1) is 6.20 Å². The molecule has 1 rings (SSSR count). The molecule has 1 aromatic rings. The van der Waals surface area contributed by atoms with Crippen LogP contribution >= 0.6 is 0 Å². The highest BCUT2D eigenvalue weighted by Gasteiger charge is 2.18. The van der Waals surface area contributed by atoms with Crippen LogP contribution in [0.2, 0.25) is 0 Å². The fourth-order valence-electron chi connectivity index (χ4n) is 2.62. The summed E-state index contributed by atoms with van der Waals surface area (Å²) in [4.78, 5) is 0. The van der Waals surface area contributed by atoms with Crippen LogP contribution in [0.15, 0.2) is 12.4 Å². The number of aromatic nitrogens is 2. The first-order valence-electron chi connectivity index (χ1n) is 7.09. The summed E-state index contributed by atoms with van der Waals surface area (Å²) in [6, 6.07) is 0.118. The first-order valence-corrected chi connectivity index (χ1v) is 7.09. The zero-order chi connectivity index (χ0) is 13.8. The molecule has 0 amide bonds. The molecule has 0 aliphatic rings. The quantitative estimate of drug-likeness (QED) is 0.836. The zero-order valence-corrected chi connectivity index (χ0v) is 12.6. The van der Waals surface area contributed by atoms with Gasteiger partial charge in [0.2, 0.25) is 0 Å². The van der Waals surface area contributed by atoms with Gasteiger partial charge in [0.1, 0.15) is 0 Å². The summed E-state index contributed by atoms with van der Waals surface area (Å²) in [5, 5.41) is 4.35. The number of hydrogen-bond acceptors (Lipinski definition) is 2. The Hall–Kier alpha value is -0.830. The second kappa shape index (κ2) is 6.37. The summed E-state index contributed by atoms with van der Waals surface area (Å²) < 4.78 is 1.99. The van der Waals surface area contributed by atoms with Gasteiger partial charge in [0.25, 0.3) is 0 Å². The Labute approximate surface area is 112 Å². The molecule has 0 radical (unpaired) electrons. The van der Waals surface area contributed by atoms with E-state index in [1.807, 2.05) is 10.9 Å². The first-order chi connectivity index (χ1) is 8.31. The van der Waals surface area contributed by atoms with E-state index in [1.54, 1.807) is 0 Å². The van der Waals surface area contributed by atoms with Crippen LogP contribution < -0.4 is 5.73 Å². The van der Waals surface area contributed by atoms with Crippen LogP contribution in [0.1, 0.15) is 65.5 Å². The van der Waals surface area contributed by atoms with E-state index in [4.69, 9.17) is 5.73 Å². The number of aryl methyl sites for hydroxylation is 1. The zero-order valence-electron chi connectivity index (χ0n) is 12.6. The van der Waals surface area contributed by atoms with Crippen molar-refractivity contribution in [2.45, 2.75) is 66.5 Å². The largest absolute Gasteiger partial charge is 0.324 e. The molecule has 2 unspecified atom stereocenters. The van der Waals surface area contributed by atoms with Gasteiger partial charge in [-0.3, -0.25) is 4.68 Å². The van der Waals surface area contributed by atoms with Gasteiger partial charge in [-0.25, -0.2) is 0 Å². The van der Waals surface area contributed by atoms with Gasteiger partial charge in [0, 0.05) is 24.3 Å². The SMILES string of the molecule is CCCn1cc(C(N)CC(C)CC(C)(C)C)cn1. The third-order valence-electron chi connectivity index (χ3n) is 3.15. The molecule has 0 saturated carbocycles. The molecular weight excluding hydrogens is 222 g/mol. The van der Waals surface area contributed by atoms with Crippen molar-refractivity contribution in [3.63, 3.8) is 0 Å². The summed E-state index contributed by atoms with van der Waals surface area (Å²) in [6.45, 7) is 12.3. The van der Waals surface area contributed by atoms with E-state index < -0.39 is 0 Å². The molecule has 2 atom stereocenters. The van der Waals surface area contributed by atoms with Gasteiger partial charge in [-0.15, -0.1) is 0 Å². The number of rotatable bonds is 6. The molecule has 3 heteroatoms. The van der Waals surface area contributed by atoms with Crippen LogP contribution in [-0.4, -0.2) is 9.78 Å². The van der Waals surface area contributed by atoms with Crippen molar-refractivity contribution in [1.29, 1.82) is 0 Å². The molecule has 0 aliphatic carbocycles. The number of nitrogens with zero attached hydrogens (tertiary/aromatic N) is 2. The minimum Gasteiger partial charge on any atom is -0.324 e. The lowest BCUT2D eigenvalue weighted by Gasteiger charge is -2.24. The van der Waals surface area contributed by atoms with Crippen LogP contribution in [0.5, 0.6) is 0 Å². The van der Waals surface area contributed by atoms with Gasteiger partial charge < -0.3 is 5.73 Å². The molecular formula is C15H29N3. The molecule has 0 aromatic carbocycles. The molecule has 0 fully saturated rings. The fraction of sp³-hybridized carbons (Fsp3) is 0.800. The third kappa shape index (κ3) is 5.21. The highest BCUT2D eigenvalue weighted by molar-refractivity contribution is 5.09. The van der Waals surface area contributed by atoms with Gasteiger partial charge in [-0.1, -0.05) is 34.6 Å². The Kier molecular flexibility index (Phi) is 5.39. The predicted octanol–water partition coefficient (Wildman–Crippen LogP) is 3.76. The molecule has 2 N–H and O–H groups in total. The maximum Gasteiger partial charge on any atom is 0.0537 e. The molecule has 104 valence electrons. The molecule has 18 heavy (non-hydrogen) atoms. The molecule has 0 bridgehead atoms. The average Bonchev–Trinajstić information content (AvgIpc) is 2.63. The normalized spacial score (nSPS) is 15.7. The lowest BCUT2D eigenvalue weighted by Crippen LogP contribution is -2.17. The van der Waals surface area contributed by atoms with Crippen molar-refractivity contribution < 1.29 is 0 Å². The maximum absolute atomic E-state index is 6.27. The van der Waals surface area contributed by atoms with E-state index in [9.17, 15) is 0 Å². The molecule has 1 heterocycles. The molecule has 0 aliphatic heterocycles. The summed E-state index contributed by atoms with van der Waals surface area (Å²) in [5.41, 5.74) is 7.82. The van der Waals surface area contributed by atoms with Crippen LogP contribution in [0.3, 0.4) is 0 Å². The Morgan fingerprint density at radius 3 is 2.61 bits per heavy atom. The number of hydrogen-bond donors (Lipinski definition) is 1. The lowest BCUT2D eigenvalue weighted by molar-refractivity contribution is 0.286. The summed E-state index contributed by atoms with van der Waals surface area (Å²) in [6.07, 6.45) is 7.37. The predicted molar refractivity (Wildman–Crippen MR) is 77.3 cm³/mol. The van der Waals surface area contributed by atoms with Crippen molar-refractivity contribution in [3.05, 3.63) is 18.0 Å². The Balaban J connectivity index is 2.50. The maximum atomic E-state index is 6.27. The van der Waals surface area contributed by atoms with E-state index in [0.29, 0.717) is 11.3 Å². The standard InChI is InChI=1S/C15H29N3/c1-6-7-18-11-13(10-17-18)14(16)8-12(2)9-15(3,4)5/h10-12,14H,6-9,16H2,1-5H3. The smallest absolute Gasteiger partial charge is 0.0537 e. The molecule has 1 aromatic heterocycles. The van der Waals surface area contributed by atoms with Crippen LogP contribution in [0.25, 0.3) is 0 Å². The monoisotopic (exact) mass is 251 g/mol. The minimum absolute atomic E-state index is 0.118. The van der Waals surface area contributed by atoms with E-state index in [1.165, 1.54) is 12.0 Å². The van der Waals surface area contributed by atoms with E-state index in [0.717, 1.165) is 19.4 Å². The van der Waals surface area contributed by atoms with Crippen molar-refractivity contribution >= 4 is 0 Å². The minimum atomic E-state index is 0.118. The molecule has 0 saturated heterocycles. The highest BCUT2D eigenvalue weighted by atomic mass is 15.3. The first kappa shape index (κ1) is 15.2. The van der Waals surface area contributed by atoms with Crippen LogP contribution in [0, 0.1) is 11.3 Å². The highest BCUT2D eigenvalue weighted by Crippen LogP contribution is 2.29. The second-order valence-electron chi connectivity index (χ2n) is 6.75. The summed E-state index contributed by atoms with van der Waals surface area (Å²) in [7, 11) is 0. The van der Waals surface area contributed by atoms with Gasteiger partial charge >= 0.3 is 0 Å². The number of nitrogens with two attached hydrogens (primary N) is 1. The summed E-state index contributed by atoms with van der Waals surface area (Å²) >= 11 is 0.